The maximum atomic E-state index is 12.1. The van der Waals surface area contributed by atoms with Crippen molar-refractivity contribution in [3.05, 3.63) is 46.0 Å². The Morgan fingerprint density at radius 1 is 1.37 bits per heavy atom. The Kier molecular flexibility index (Phi) is 3.60. The van der Waals surface area contributed by atoms with Crippen molar-refractivity contribution in [3.63, 3.8) is 0 Å². The fourth-order valence-corrected chi connectivity index (χ4v) is 3.92. The molecule has 0 amide bonds. The number of aryl methyl sites for hydroxylation is 1. The molecular formula is C15H18N2OS. The predicted molar refractivity (Wildman–Crippen MR) is 79.8 cm³/mol. The standard InChI is InChI=1S/C15H18N2OS/c1-11-5-4-8-14-16-12(9-15(18)17(11)14)10-19-13-6-2-3-7-13/h4-5,8-9,13H,2-3,6-7,10H2,1H3. The van der Waals surface area contributed by atoms with E-state index in [1.807, 2.05) is 36.9 Å². The Balaban J connectivity index is 1.86. The van der Waals surface area contributed by atoms with Crippen LogP contribution in [0.3, 0.4) is 0 Å². The molecule has 100 valence electrons. The van der Waals surface area contributed by atoms with Gasteiger partial charge in [0.1, 0.15) is 5.65 Å². The summed E-state index contributed by atoms with van der Waals surface area (Å²) in [6.45, 7) is 1.93. The van der Waals surface area contributed by atoms with Crippen LogP contribution in [0.5, 0.6) is 0 Å². The number of thioether (sulfide) groups is 1. The van der Waals surface area contributed by atoms with Gasteiger partial charge in [-0.3, -0.25) is 9.20 Å². The van der Waals surface area contributed by atoms with E-state index in [1.165, 1.54) is 25.7 Å². The first-order chi connectivity index (χ1) is 9.24. The molecule has 0 saturated heterocycles. The Morgan fingerprint density at radius 2 is 2.16 bits per heavy atom. The summed E-state index contributed by atoms with van der Waals surface area (Å²) in [5, 5.41) is 0.762. The van der Waals surface area contributed by atoms with E-state index >= 15 is 0 Å². The van der Waals surface area contributed by atoms with Crippen molar-refractivity contribution >= 4 is 17.4 Å². The minimum Gasteiger partial charge on any atom is -0.269 e. The second kappa shape index (κ2) is 5.37. The Labute approximate surface area is 117 Å². The molecule has 2 heterocycles. The fraction of sp³-hybridized carbons (Fsp3) is 0.467. The smallest absolute Gasteiger partial charge is 0.258 e. The number of rotatable bonds is 3. The highest BCUT2D eigenvalue weighted by molar-refractivity contribution is 7.99. The van der Waals surface area contributed by atoms with Crippen LogP contribution in [0.15, 0.2) is 29.1 Å². The maximum absolute atomic E-state index is 12.1. The summed E-state index contributed by atoms with van der Waals surface area (Å²) in [5.74, 6) is 0.852. The molecule has 19 heavy (non-hydrogen) atoms. The van der Waals surface area contributed by atoms with Crippen molar-refractivity contribution in [3.8, 4) is 0 Å². The van der Waals surface area contributed by atoms with Gasteiger partial charge in [0.15, 0.2) is 0 Å². The summed E-state index contributed by atoms with van der Waals surface area (Å²) in [4.78, 5) is 16.7. The Hall–Kier alpha value is -1.29. The largest absolute Gasteiger partial charge is 0.269 e. The minimum atomic E-state index is 0.0325. The lowest BCUT2D eigenvalue weighted by Gasteiger charge is -2.09. The van der Waals surface area contributed by atoms with Gasteiger partial charge in [0, 0.05) is 22.8 Å². The van der Waals surface area contributed by atoms with Crippen LogP contribution < -0.4 is 5.56 Å². The van der Waals surface area contributed by atoms with E-state index in [0.717, 1.165) is 28.0 Å². The second-order valence-corrected chi connectivity index (χ2v) is 6.45. The summed E-state index contributed by atoms with van der Waals surface area (Å²) >= 11 is 1.95. The lowest BCUT2D eigenvalue weighted by atomic mass is 10.3. The van der Waals surface area contributed by atoms with E-state index in [0.29, 0.717) is 0 Å². The lowest BCUT2D eigenvalue weighted by Crippen LogP contribution is -2.17. The number of pyridine rings is 1. The SMILES string of the molecule is Cc1cccc2nc(CSC3CCCC3)cc(=O)n12. The molecule has 1 saturated carbocycles. The molecule has 0 N–H and O–H groups in total. The molecule has 0 aliphatic heterocycles. The van der Waals surface area contributed by atoms with E-state index < -0.39 is 0 Å². The molecule has 2 aromatic heterocycles. The van der Waals surface area contributed by atoms with E-state index in [1.54, 1.807) is 10.5 Å². The van der Waals surface area contributed by atoms with Crippen LogP contribution in [0.4, 0.5) is 0 Å². The highest BCUT2D eigenvalue weighted by atomic mass is 32.2. The maximum Gasteiger partial charge on any atom is 0.258 e. The van der Waals surface area contributed by atoms with Crippen LogP contribution in [-0.2, 0) is 5.75 Å². The average Bonchev–Trinajstić information content (AvgIpc) is 2.89. The summed E-state index contributed by atoms with van der Waals surface area (Å²) < 4.78 is 1.67. The van der Waals surface area contributed by atoms with Crippen molar-refractivity contribution in [2.45, 2.75) is 43.6 Å². The summed E-state index contributed by atoms with van der Waals surface area (Å²) in [6.07, 6.45) is 5.34. The zero-order valence-electron chi connectivity index (χ0n) is 11.1. The van der Waals surface area contributed by atoms with Crippen LogP contribution >= 0.6 is 11.8 Å². The number of fused-ring (bicyclic) bond motifs is 1. The quantitative estimate of drug-likeness (QED) is 0.862. The summed E-state index contributed by atoms with van der Waals surface area (Å²) in [6, 6.07) is 7.47. The molecule has 0 unspecified atom stereocenters. The number of hydrogen-bond acceptors (Lipinski definition) is 3. The van der Waals surface area contributed by atoms with E-state index in [-0.39, 0.29) is 5.56 Å². The van der Waals surface area contributed by atoms with Crippen LogP contribution in [0.25, 0.3) is 5.65 Å². The van der Waals surface area contributed by atoms with Crippen LogP contribution in [0.2, 0.25) is 0 Å². The molecule has 1 aliphatic rings. The molecule has 1 fully saturated rings. The van der Waals surface area contributed by atoms with E-state index in [9.17, 15) is 4.79 Å². The van der Waals surface area contributed by atoms with Gasteiger partial charge in [0.25, 0.3) is 5.56 Å². The van der Waals surface area contributed by atoms with Gasteiger partial charge >= 0.3 is 0 Å². The van der Waals surface area contributed by atoms with Crippen molar-refractivity contribution in [1.29, 1.82) is 0 Å². The van der Waals surface area contributed by atoms with E-state index in [2.05, 4.69) is 4.98 Å². The third kappa shape index (κ3) is 2.68. The fourth-order valence-electron chi connectivity index (χ4n) is 2.70. The average molecular weight is 274 g/mol. The van der Waals surface area contributed by atoms with E-state index in [4.69, 9.17) is 0 Å². The van der Waals surface area contributed by atoms with Crippen molar-refractivity contribution in [2.75, 3.05) is 0 Å². The molecule has 0 atom stereocenters. The molecule has 3 rings (SSSR count). The van der Waals surface area contributed by atoms with Gasteiger partial charge in [-0.25, -0.2) is 4.98 Å². The molecule has 0 bridgehead atoms. The molecular weight excluding hydrogens is 256 g/mol. The molecule has 4 heteroatoms. The number of nitrogens with zero attached hydrogens (tertiary/aromatic N) is 2. The highest BCUT2D eigenvalue weighted by Gasteiger charge is 2.15. The molecule has 0 aromatic carbocycles. The first kappa shape index (κ1) is 12.7. The predicted octanol–water partition coefficient (Wildman–Crippen LogP) is 3.18. The van der Waals surface area contributed by atoms with Crippen molar-refractivity contribution in [1.82, 2.24) is 9.38 Å². The lowest BCUT2D eigenvalue weighted by molar-refractivity contribution is 0.886. The normalized spacial score (nSPS) is 16.3. The van der Waals surface area contributed by atoms with Gasteiger partial charge < -0.3 is 0 Å². The molecule has 3 nitrogen and oxygen atoms in total. The van der Waals surface area contributed by atoms with Crippen LogP contribution in [-0.4, -0.2) is 14.6 Å². The topological polar surface area (TPSA) is 34.4 Å². The monoisotopic (exact) mass is 274 g/mol. The summed E-state index contributed by atoms with van der Waals surface area (Å²) in [5.41, 5.74) is 2.64. The van der Waals surface area contributed by atoms with Gasteiger partial charge in [-0.15, -0.1) is 0 Å². The van der Waals surface area contributed by atoms with Gasteiger partial charge in [-0.2, -0.15) is 11.8 Å². The van der Waals surface area contributed by atoms with Gasteiger partial charge in [-0.05, 0) is 31.9 Å². The van der Waals surface area contributed by atoms with Gasteiger partial charge in [-0.1, -0.05) is 18.9 Å². The molecule has 0 radical (unpaired) electrons. The molecule has 0 spiro atoms. The van der Waals surface area contributed by atoms with Crippen LogP contribution in [0, 0.1) is 6.92 Å². The highest BCUT2D eigenvalue weighted by Crippen LogP contribution is 2.31. The minimum absolute atomic E-state index is 0.0325. The van der Waals surface area contributed by atoms with Gasteiger partial charge in [0.05, 0.1) is 5.69 Å². The first-order valence-corrected chi connectivity index (χ1v) is 7.89. The van der Waals surface area contributed by atoms with Crippen molar-refractivity contribution in [2.24, 2.45) is 0 Å². The Bertz CT molecular complexity index is 644. The second-order valence-electron chi connectivity index (χ2n) is 5.16. The zero-order valence-corrected chi connectivity index (χ0v) is 11.9. The third-order valence-corrected chi connectivity index (χ3v) is 5.11. The third-order valence-electron chi connectivity index (χ3n) is 3.70. The Morgan fingerprint density at radius 3 is 2.95 bits per heavy atom. The molecule has 1 aliphatic carbocycles. The van der Waals surface area contributed by atoms with Gasteiger partial charge in [0.2, 0.25) is 0 Å². The summed E-state index contributed by atoms with van der Waals surface area (Å²) in [7, 11) is 0. The zero-order chi connectivity index (χ0) is 13.2. The molecule has 2 aromatic rings. The number of aromatic nitrogens is 2. The van der Waals surface area contributed by atoms with Crippen LogP contribution in [0.1, 0.15) is 37.1 Å². The van der Waals surface area contributed by atoms with Crippen molar-refractivity contribution < 1.29 is 0 Å². The number of hydrogen-bond donors (Lipinski definition) is 0. The first-order valence-electron chi connectivity index (χ1n) is 6.84.